The van der Waals surface area contributed by atoms with Gasteiger partial charge in [-0.25, -0.2) is 4.79 Å². The second-order valence-electron chi connectivity index (χ2n) is 3.05. The maximum Gasteiger partial charge on any atom is 0.359 e. The van der Waals surface area contributed by atoms with E-state index in [4.69, 9.17) is 4.74 Å². The zero-order valence-corrected chi connectivity index (χ0v) is 9.95. The van der Waals surface area contributed by atoms with Gasteiger partial charge in [0.15, 0.2) is 5.43 Å². The van der Waals surface area contributed by atoms with Crippen LogP contribution in [0.1, 0.15) is 22.4 Å². The Labute approximate surface area is 88.9 Å². The van der Waals surface area contributed by atoms with Crippen LogP contribution in [-0.2, 0) is 11.3 Å². The van der Waals surface area contributed by atoms with Crippen LogP contribution < -0.4 is 0 Å². The number of hydrogen-bond acceptors (Lipinski definition) is 3. The van der Waals surface area contributed by atoms with Gasteiger partial charge in [-0.1, -0.05) is 0 Å². The largest absolute Gasteiger partial charge is 0.461 e. The SMILES string of the molecule is CCOC(=O)c1pc(C)c2n1CCS2. The molecule has 1 aromatic rings. The monoisotopic (exact) mass is 229 g/mol. The third kappa shape index (κ3) is 1.57. The molecule has 1 aliphatic heterocycles. The minimum absolute atomic E-state index is 0.161. The van der Waals surface area contributed by atoms with Crippen LogP contribution in [0, 0.1) is 6.92 Å². The number of aromatic nitrogens is 1. The highest BCUT2D eigenvalue weighted by Gasteiger charge is 2.23. The number of nitrogens with zero attached hydrogens (tertiary/aromatic N) is 1. The minimum atomic E-state index is -0.161. The number of carbonyl (C=O) groups excluding carboxylic acids is 1. The van der Waals surface area contributed by atoms with Gasteiger partial charge in [-0.2, -0.15) is 0 Å². The van der Waals surface area contributed by atoms with Crippen LogP contribution in [0.5, 0.6) is 0 Å². The van der Waals surface area contributed by atoms with Gasteiger partial charge in [-0.15, -0.1) is 11.8 Å². The van der Waals surface area contributed by atoms with Gasteiger partial charge in [-0.05, 0) is 22.0 Å². The fourth-order valence-electron chi connectivity index (χ4n) is 1.53. The maximum absolute atomic E-state index is 11.6. The summed E-state index contributed by atoms with van der Waals surface area (Å²) in [5.41, 5.74) is 0.796. The third-order valence-corrected chi connectivity index (χ3v) is 4.62. The third-order valence-electron chi connectivity index (χ3n) is 2.10. The molecule has 1 aliphatic rings. The van der Waals surface area contributed by atoms with Crippen molar-refractivity contribution in [2.75, 3.05) is 12.4 Å². The average molecular weight is 229 g/mol. The number of esters is 1. The topological polar surface area (TPSA) is 31.2 Å². The first kappa shape index (κ1) is 10.1. The number of ether oxygens (including phenoxy) is 1. The van der Waals surface area contributed by atoms with Crippen molar-refractivity contribution in [2.45, 2.75) is 25.4 Å². The maximum atomic E-state index is 11.6. The zero-order chi connectivity index (χ0) is 10.1. The Hall–Kier alpha value is -0.470. The van der Waals surface area contributed by atoms with E-state index >= 15 is 0 Å². The van der Waals surface area contributed by atoms with Crippen LogP contribution in [0.2, 0.25) is 0 Å². The molecule has 3 nitrogen and oxygen atoms in total. The van der Waals surface area contributed by atoms with Crippen molar-refractivity contribution < 1.29 is 9.53 Å². The zero-order valence-electron chi connectivity index (χ0n) is 8.24. The Morgan fingerprint density at radius 1 is 1.71 bits per heavy atom. The first-order chi connectivity index (χ1) is 6.74. The van der Waals surface area contributed by atoms with E-state index in [-0.39, 0.29) is 5.97 Å². The van der Waals surface area contributed by atoms with E-state index in [0.717, 1.165) is 25.9 Å². The lowest BCUT2D eigenvalue weighted by atomic mass is 10.5. The van der Waals surface area contributed by atoms with Crippen molar-refractivity contribution >= 4 is 25.9 Å². The molecule has 0 N–H and O–H groups in total. The molecule has 0 unspecified atom stereocenters. The molecule has 0 radical (unpaired) electrons. The van der Waals surface area contributed by atoms with Gasteiger partial charge in [-0.3, -0.25) is 0 Å². The van der Waals surface area contributed by atoms with Crippen molar-refractivity contribution in [2.24, 2.45) is 0 Å². The second kappa shape index (κ2) is 3.95. The molecule has 0 saturated carbocycles. The Kier molecular flexibility index (Phi) is 2.84. The lowest BCUT2D eigenvalue weighted by molar-refractivity contribution is 0.0519. The van der Waals surface area contributed by atoms with Crippen LogP contribution in [0.3, 0.4) is 0 Å². The Morgan fingerprint density at radius 3 is 3.21 bits per heavy atom. The summed E-state index contributed by atoms with van der Waals surface area (Å²) < 4.78 is 7.12. The van der Waals surface area contributed by atoms with Crippen molar-refractivity contribution in [3.63, 3.8) is 0 Å². The van der Waals surface area contributed by atoms with Crippen molar-refractivity contribution in [3.8, 4) is 0 Å². The fourth-order valence-corrected chi connectivity index (χ4v) is 3.96. The predicted octanol–water partition coefficient (Wildman–Crippen LogP) is 2.66. The lowest BCUT2D eigenvalue weighted by Crippen LogP contribution is -2.09. The van der Waals surface area contributed by atoms with Crippen LogP contribution in [-0.4, -0.2) is 22.9 Å². The summed E-state index contributed by atoms with van der Waals surface area (Å²) in [6.45, 7) is 5.31. The quantitative estimate of drug-likeness (QED) is 0.730. The summed E-state index contributed by atoms with van der Waals surface area (Å²) in [7, 11) is 1.02. The van der Waals surface area contributed by atoms with E-state index in [2.05, 4.69) is 11.5 Å². The molecule has 14 heavy (non-hydrogen) atoms. The second-order valence-corrected chi connectivity index (χ2v) is 5.45. The highest BCUT2D eigenvalue weighted by molar-refractivity contribution is 7.99. The Morgan fingerprint density at radius 2 is 2.50 bits per heavy atom. The smallest absolute Gasteiger partial charge is 0.359 e. The number of hydrogen-bond donors (Lipinski definition) is 0. The number of carbonyl (C=O) groups is 1. The summed E-state index contributed by atoms with van der Waals surface area (Å²) in [6.07, 6.45) is 0. The van der Waals surface area contributed by atoms with Crippen LogP contribution in [0.4, 0.5) is 0 Å². The van der Waals surface area contributed by atoms with E-state index in [9.17, 15) is 4.79 Å². The highest BCUT2D eigenvalue weighted by Crippen LogP contribution is 2.38. The summed E-state index contributed by atoms with van der Waals surface area (Å²) in [6, 6.07) is 0. The van der Waals surface area contributed by atoms with Gasteiger partial charge in [0.25, 0.3) is 0 Å². The van der Waals surface area contributed by atoms with E-state index < -0.39 is 0 Å². The number of fused-ring (bicyclic) bond motifs is 1. The molecule has 0 bridgehead atoms. The molecule has 0 aliphatic carbocycles. The molecule has 1 aromatic heterocycles. The summed E-state index contributed by atoms with van der Waals surface area (Å²) in [5.74, 6) is 0.913. The van der Waals surface area contributed by atoms with Crippen LogP contribution in [0.25, 0.3) is 0 Å². The van der Waals surface area contributed by atoms with Crippen LogP contribution in [0.15, 0.2) is 5.03 Å². The Balaban J connectivity index is 2.35. The molecule has 0 aromatic carbocycles. The Bertz CT molecular complexity index is 375. The molecule has 2 heterocycles. The molecule has 0 atom stereocenters. The van der Waals surface area contributed by atoms with Gasteiger partial charge in [0.1, 0.15) is 0 Å². The molecular weight excluding hydrogens is 217 g/mol. The summed E-state index contributed by atoms with van der Waals surface area (Å²) in [4.78, 5) is 11.6. The molecule has 0 fully saturated rings. The van der Waals surface area contributed by atoms with Gasteiger partial charge >= 0.3 is 5.97 Å². The normalized spacial score (nSPS) is 14.7. The van der Waals surface area contributed by atoms with Crippen molar-refractivity contribution in [3.05, 3.63) is 10.7 Å². The molecule has 5 heteroatoms. The molecule has 76 valence electrons. The van der Waals surface area contributed by atoms with E-state index in [1.165, 1.54) is 10.3 Å². The van der Waals surface area contributed by atoms with Crippen molar-refractivity contribution in [1.29, 1.82) is 0 Å². The minimum Gasteiger partial charge on any atom is -0.461 e. The van der Waals surface area contributed by atoms with E-state index in [1.807, 2.05) is 18.7 Å². The standard InChI is InChI=1S/C9H12NO2PS/c1-3-12-9(11)7-10-4-5-14-8(10)6(2)13-7/h3-5H2,1-2H3. The molecule has 0 spiro atoms. The summed E-state index contributed by atoms with van der Waals surface area (Å²) in [5, 5.41) is 2.53. The van der Waals surface area contributed by atoms with Gasteiger partial charge in [0.05, 0.1) is 11.6 Å². The van der Waals surface area contributed by atoms with Crippen molar-refractivity contribution in [1.82, 2.24) is 4.57 Å². The molecule has 2 rings (SSSR count). The fraction of sp³-hybridized carbons (Fsp3) is 0.556. The highest BCUT2D eigenvalue weighted by atomic mass is 32.2. The van der Waals surface area contributed by atoms with Gasteiger partial charge in [0.2, 0.25) is 0 Å². The van der Waals surface area contributed by atoms with E-state index in [0.29, 0.717) is 6.61 Å². The van der Waals surface area contributed by atoms with E-state index in [1.54, 1.807) is 0 Å². The first-order valence-corrected chi connectivity index (χ1v) is 6.49. The number of rotatable bonds is 2. The first-order valence-electron chi connectivity index (χ1n) is 4.61. The number of thioether (sulfide) groups is 1. The molecular formula is C9H12NO2PS. The van der Waals surface area contributed by atoms with Crippen LogP contribution >= 0.6 is 20.0 Å². The van der Waals surface area contributed by atoms with Gasteiger partial charge in [0, 0.05) is 17.6 Å². The lowest BCUT2D eigenvalue weighted by Gasteiger charge is -2.03. The molecule has 0 amide bonds. The summed E-state index contributed by atoms with van der Waals surface area (Å²) >= 11 is 1.83. The average Bonchev–Trinajstić information content (AvgIpc) is 2.70. The number of aryl methyl sites for hydroxylation is 1. The molecule has 0 saturated heterocycles. The van der Waals surface area contributed by atoms with Gasteiger partial charge < -0.3 is 9.30 Å². The predicted molar refractivity (Wildman–Crippen MR) is 58.4 cm³/mol.